The molecule has 0 aromatic heterocycles. The number of nitrogens with zero attached hydrogens (tertiary/aromatic N) is 1. The first-order chi connectivity index (χ1) is 11.5. The quantitative estimate of drug-likeness (QED) is 0.407. The summed E-state index contributed by atoms with van der Waals surface area (Å²) in [5.74, 6) is -0.342. The molecule has 0 fully saturated rings. The largest absolute Gasteiger partial charge is 0.508 e. The number of hydrogen-bond acceptors (Lipinski definition) is 7. The van der Waals surface area contributed by atoms with E-state index in [-0.39, 0.29) is 24.4 Å². The summed E-state index contributed by atoms with van der Waals surface area (Å²) in [5.41, 5.74) is 2.20. The maximum absolute atomic E-state index is 11.7. The molecule has 0 aliphatic heterocycles. The van der Waals surface area contributed by atoms with Crippen LogP contribution in [-0.4, -0.2) is 26.9 Å². The number of phenolic OH excluding ortho intramolecular Hbond substituents is 1. The zero-order valence-corrected chi connectivity index (χ0v) is 12.7. The topological polar surface area (TPSA) is 99.5 Å². The molecule has 0 heterocycles. The minimum Gasteiger partial charge on any atom is -0.508 e. The molecule has 0 amide bonds. The number of esters is 1. The van der Waals surface area contributed by atoms with Gasteiger partial charge in [0.25, 0.3) is 0 Å². The number of rotatable bonds is 7. The first-order valence-electron chi connectivity index (χ1n) is 7.05. The lowest BCUT2D eigenvalue weighted by Gasteiger charge is -2.08. The van der Waals surface area contributed by atoms with Gasteiger partial charge in [-0.05, 0) is 34.9 Å². The second kappa shape index (κ2) is 8.80. The molecule has 7 heteroatoms. The van der Waals surface area contributed by atoms with Gasteiger partial charge in [-0.1, -0.05) is 36.4 Å². The normalized spacial score (nSPS) is 11.1. The van der Waals surface area contributed by atoms with Crippen LogP contribution >= 0.6 is 0 Å². The summed E-state index contributed by atoms with van der Waals surface area (Å²) in [6.45, 7) is 0.0457. The third kappa shape index (κ3) is 6.19. The first-order valence-corrected chi connectivity index (χ1v) is 7.05. The van der Waals surface area contributed by atoms with Gasteiger partial charge in [-0.25, -0.2) is 9.63 Å². The molecule has 0 atom stereocenters. The fourth-order valence-corrected chi connectivity index (χ4v) is 1.89. The summed E-state index contributed by atoms with van der Waals surface area (Å²) in [6.07, 6.45) is 2.89. The van der Waals surface area contributed by atoms with Crippen LogP contribution in [0.3, 0.4) is 0 Å². The zero-order chi connectivity index (χ0) is 17.4. The van der Waals surface area contributed by atoms with Gasteiger partial charge in [0.2, 0.25) is 0 Å². The van der Waals surface area contributed by atoms with Crippen molar-refractivity contribution >= 4 is 12.0 Å². The number of carbonyl (C=O) groups is 1. The van der Waals surface area contributed by atoms with Crippen molar-refractivity contribution in [3.63, 3.8) is 0 Å². The summed E-state index contributed by atoms with van der Waals surface area (Å²) in [6, 6.07) is 13.4. The Morgan fingerprint density at radius 1 is 1.04 bits per heavy atom. The second-order valence-corrected chi connectivity index (χ2v) is 4.88. The Bertz CT molecular complexity index is 696. The predicted octanol–water partition coefficient (Wildman–Crippen LogP) is 2.66. The molecule has 126 valence electrons. The van der Waals surface area contributed by atoms with Crippen LogP contribution in [0.2, 0.25) is 0 Å². The van der Waals surface area contributed by atoms with Crippen molar-refractivity contribution in [3.05, 3.63) is 71.3 Å². The molecular formula is C17H17NO6. The molecule has 3 N–H and O–H groups in total. The highest BCUT2D eigenvalue weighted by Gasteiger charge is 2.02. The van der Waals surface area contributed by atoms with Gasteiger partial charge >= 0.3 is 5.97 Å². The fourth-order valence-electron chi connectivity index (χ4n) is 1.89. The Kier molecular flexibility index (Phi) is 6.47. The third-order valence-corrected chi connectivity index (χ3v) is 3.02. The average Bonchev–Trinajstić information content (AvgIpc) is 2.58. The number of ether oxygens (including phenoxy) is 1. The van der Waals surface area contributed by atoms with Crippen LogP contribution in [0.15, 0.2) is 54.6 Å². The van der Waals surface area contributed by atoms with Crippen molar-refractivity contribution in [3.8, 4) is 5.75 Å². The number of hydrogen-bond donors (Lipinski definition) is 3. The van der Waals surface area contributed by atoms with Crippen molar-refractivity contribution in [2.24, 2.45) is 0 Å². The van der Waals surface area contributed by atoms with E-state index in [9.17, 15) is 9.90 Å². The van der Waals surface area contributed by atoms with Gasteiger partial charge in [-0.2, -0.15) is 0 Å². The molecular weight excluding hydrogens is 314 g/mol. The van der Waals surface area contributed by atoms with Crippen molar-refractivity contribution in [2.75, 3.05) is 0 Å². The molecule has 0 unspecified atom stereocenters. The van der Waals surface area contributed by atoms with E-state index >= 15 is 0 Å². The second-order valence-electron chi connectivity index (χ2n) is 4.88. The highest BCUT2D eigenvalue weighted by atomic mass is 17.1. The molecule has 2 aromatic rings. The van der Waals surface area contributed by atoms with Crippen LogP contribution in [0.5, 0.6) is 5.75 Å². The highest BCUT2D eigenvalue weighted by Crippen LogP contribution is 2.11. The number of phenols is 1. The van der Waals surface area contributed by atoms with Crippen molar-refractivity contribution in [1.29, 1.82) is 0 Å². The van der Waals surface area contributed by atoms with Gasteiger partial charge in [0.1, 0.15) is 12.4 Å². The van der Waals surface area contributed by atoms with Crippen molar-refractivity contribution < 1.29 is 29.9 Å². The molecule has 0 saturated carbocycles. The van der Waals surface area contributed by atoms with Gasteiger partial charge in [0.15, 0.2) is 0 Å². The number of carbonyl (C=O) groups excluding carboxylic acids is 1. The zero-order valence-electron chi connectivity index (χ0n) is 12.7. The van der Waals surface area contributed by atoms with E-state index in [1.807, 2.05) is 0 Å². The Morgan fingerprint density at radius 3 is 2.38 bits per heavy atom. The third-order valence-electron chi connectivity index (χ3n) is 3.02. The van der Waals surface area contributed by atoms with Crippen LogP contribution in [-0.2, 0) is 27.6 Å². The monoisotopic (exact) mass is 331 g/mol. The Labute approximate surface area is 138 Å². The SMILES string of the molecule is O=C(/C=C/c1ccc(O)cc1)OCc1cccc(CON(O)O)c1. The van der Waals surface area contributed by atoms with Crippen LogP contribution in [0.1, 0.15) is 16.7 Å². The lowest BCUT2D eigenvalue weighted by Crippen LogP contribution is -2.13. The number of benzene rings is 2. The van der Waals surface area contributed by atoms with Gasteiger partial charge in [0.05, 0.1) is 12.0 Å². The summed E-state index contributed by atoms with van der Waals surface area (Å²) < 4.78 is 5.13. The van der Waals surface area contributed by atoms with Crippen molar-refractivity contribution in [2.45, 2.75) is 13.2 Å². The van der Waals surface area contributed by atoms with E-state index < -0.39 is 5.97 Å². The van der Waals surface area contributed by atoms with Crippen LogP contribution in [0.25, 0.3) is 6.08 Å². The average molecular weight is 331 g/mol. The predicted molar refractivity (Wildman–Crippen MR) is 83.6 cm³/mol. The van der Waals surface area contributed by atoms with Crippen LogP contribution in [0, 0.1) is 0 Å². The minimum absolute atomic E-state index is 0.0322. The van der Waals surface area contributed by atoms with Crippen LogP contribution in [0.4, 0.5) is 0 Å². The minimum atomic E-state index is -0.499. The first kappa shape index (κ1) is 17.6. The molecule has 0 radical (unpaired) electrons. The molecule has 24 heavy (non-hydrogen) atoms. The standard InChI is InChI=1S/C17H17NO6/c19-16-7-4-13(5-8-16)6-9-17(20)23-11-14-2-1-3-15(10-14)12-24-18(21)22/h1-10,19,21-22H,11-12H2/b9-6+. The summed E-state index contributed by atoms with van der Waals surface area (Å²) in [4.78, 5) is 16.2. The maximum atomic E-state index is 11.7. The summed E-state index contributed by atoms with van der Waals surface area (Å²) in [5, 5.41) is 25.8. The smallest absolute Gasteiger partial charge is 0.331 e. The molecule has 7 nitrogen and oxygen atoms in total. The summed E-state index contributed by atoms with van der Waals surface area (Å²) >= 11 is 0. The molecule has 0 spiro atoms. The van der Waals surface area contributed by atoms with Gasteiger partial charge < -0.3 is 9.84 Å². The van der Waals surface area contributed by atoms with E-state index in [1.54, 1.807) is 42.5 Å². The van der Waals surface area contributed by atoms with E-state index in [0.717, 1.165) is 11.1 Å². The number of aromatic hydroxyl groups is 1. The van der Waals surface area contributed by atoms with Crippen molar-refractivity contribution in [1.82, 2.24) is 5.39 Å². The Morgan fingerprint density at radius 2 is 1.71 bits per heavy atom. The Balaban J connectivity index is 1.85. The van der Waals surface area contributed by atoms with E-state index in [1.165, 1.54) is 18.2 Å². The molecule has 0 saturated heterocycles. The summed E-state index contributed by atoms with van der Waals surface area (Å²) in [7, 11) is 0. The molecule has 0 aliphatic rings. The van der Waals surface area contributed by atoms with Crippen LogP contribution < -0.4 is 0 Å². The Hall–Kier alpha value is -2.71. The lowest BCUT2D eigenvalue weighted by atomic mass is 10.1. The van der Waals surface area contributed by atoms with E-state index in [4.69, 9.17) is 15.2 Å². The molecule has 2 rings (SSSR count). The van der Waals surface area contributed by atoms with Gasteiger partial charge in [0, 0.05) is 6.08 Å². The van der Waals surface area contributed by atoms with Gasteiger partial charge in [-0.3, -0.25) is 10.4 Å². The van der Waals surface area contributed by atoms with E-state index in [0.29, 0.717) is 5.56 Å². The molecule has 0 aliphatic carbocycles. The molecule has 0 bridgehead atoms. The molecule has 2 aromatic carbocycles. The maximum Gasteiger partial charge on any atom is 0.331 e. The van der Waals surface area contributed by atoms with E-state index in [2.05, 4.69) is 4.84 Å². The fraction of sp³-hybridized carbons (Fsp3) is 0.118. The highest BCUT2D eigenvalue weighted by molar-refractivity contribution is 5.87. The van der Waals surface area contributed by atoms with Gasteiger partial charge in [-0.15, -0.1) is 0 Å². The lowest BCUT2D eigenvalue weighted by molar-refractivity contribution is -0.497.